The van der Waals surface area contributed by atoms with E-state index in [1.54, 1.807) is 4.90 Å². The van der Waals surface area contributed by atoms with Gasteiger partial charge in [0.2, 0.25) is 6.79 Å². The van der Waals surface area contributed by atoms with E-state index < -0.39 is 0 Å². The Balaban J connectivity index is 1.83. The maximum absolute atomic E-state index is 11.8. The highest BCUT2D eigenvalue weighted by atomic mass is 32.2. The molecular weight excluding hydrogens is 270 g/mol. The number of amides is 1. The normalized spacial score (nSPS) is 17.8. The van der Waals surface area contributed by atoms with E-state index in [9.17, 15) is 4.79 Å². The molecule has 0 aromatic heterocycles. The van der Waals surface area contributed by atoms with Gasteiger partial charge in [0.1, 0.15) is 4.32 Å². The van der Waals surface area contributed by atoms with Gasteiger partial charge in [-0.3, -0.25) is 9.69 Å². The molecule has 0 spiro atoms. The molecule has 1 fully saturated rings. The van der Waals surface area contributed by atoms with Gasteiger partial charge in [-0.15, -0.1) is 0 Å². The van der Waals surface area contributed by atoms with Gasteiger partial charge in [0, 0.05) is 0 Å². The second kappa shape index (κ2) is 4.29. The molecular formula is C12H9NO3S2. The summed E-state index contributed by atoms with van der Waals surface area (Å²) in [5, 5.41) is 0. The van der Waals surface area contributed by atoms with Crippen molar-refractivity contribution in [3.8, 4) is 11.5 Å². The third-order valence-corrected chi connectivity index (χ3v) is 3.98. The van der Waals surface area contributed by atoms with Crippen molar-refractivity contribution in [2.45, 2.75) is 6.54 Å². The van der Waals surface area contributed by atoms with E-state index in [0.29, 0.717) is 21.5 Å². The fourth-order valence-electron chi connectivity index (χ4n) is 1.80. The molecule has 0 saturated carbocycles. The van der Waals surface area contributed by atoms with Crippen molar-refractivity contribution in [1.82, 2.24) is 4.90 Å². The quantitative estimate of drug-likeness (QED) is 0.613. The first-order chi connectivity index (χ1) is 8.65. The third kappa shape index (κ3) is 1.87. The lowest BCUT2D eigenvalue weighted by atomic mass is 10.2. The summed E-state index contributed by atoms with van der Waals surface area (Å²) in [6.07, 6.45) is 0. The standard InChI is InChI=1S/C12H9NO3S2/c1-7-11(14)13(12(17)18-7)5-8-2-3-9-10(4-8)16-6-15-9/h2-4H,1,5-6H2. The summed E-state index contributed by atoms with van der Waals surface area (Å²) in [6.45, 7) is 4.35. The van der Waals surface area contributed by atoms with Crippen LogP contribution in [0, 0.1) is 0 Å². The van der Waals surface area contributed by atoms with Crippen LogP contribution in [0.2, 0.25) is 0 Å². The minimum absolute atomic E-state index is 0.123. The van der Waals surface area contributed by atoms with Crippen molar-refractivity contribution in [1.29, 1.82) is 0 Å². The molecule has 18 heavy (non-hydrogen) atoms. The molecule has 0 bridgehead atoms. The Hall–Kier alpha value is -1.53. The first-order valence-electron chi connectivity index (χ1n) is 5.26. The Morgan fingerprint density at radius 2 is 2.17 bits per heavy atom. The zero-order chi connectivity index (χ0) is 12.7. The van der Waals surface area contributed by atoms with Crippen molar-refractivity contribution in [2.24, 2.45) is 0 Å². The van der Waals surface area contributed by atoms with E-state index >= 15 is 0 Å². The van der Waals surface area contributed by atoms with Gasteiger partial charge in [-0.1, -0.05) is 36.6 Å². The molecule has 0 radical (unpaired) electrons. The molecule has 1 aromatic rings. The Labute approximate surface area is 114 Å². The minimum Gasteiger partial charge on any atom is -0.454 e. The number of ether oxygens (including phenoxy) is 2. The van der Waals surface area contributed by atoms with Crippen LogP contribution in [0.15, 0.2) is 29.7 Å². The molecule has 1 amide bonds. The van der Waals surface area contributed by atoms with Crippen LogP contribution < -0.4 is 9.47 Å². The number of thioether (sulfide) groups is 1. The Morgan fingerprint density at radius 3 is 2.89 bits per heavy atom. The molecule has 92 valence electrons. The highest BCUT2D eigenvalue weighted by Crippen LogP contribution is 2.35. The van der Waals surface area contributed by atoms with Gasteiger partial charge in [-0.2, -0.15) is 0 Å². The van der Waals surface area contributed by atoms with Crippen LogP contribution in [-0.4, -0.2) is 21.9 Å². The maximum atomic E-state index is 11.8. The van der Waals surface area contributed by atoms with E-state index in [2.05, 4.69) is 6.58 Å². The van der Waals surface area contributed by atoms with Crippen molar-refractivity contribution in [2.75, 3.05) is 6.79 Å². The molecule has 4 nitrogen and oxygen atoms in total. The predicted octanol–water partition coefficient (Wildman–Crippen LogP) is 2.29. The first kappa shape index (κ1) is 11.6. The number of benzene rings is 1. The number of hydrogen-bond donors (Lipinski definition) is 0. The number of carbonyl (C=O) groups excluding carboxylic acids is 1. The lowest BCUT2D eigenvalue weighted by Crippen LogP contribution is -2.27. The molecule has 1 aromatic carbocycles. The van der Waals surface area contributed by atoms with Crippen LogP contribution in [0.25, 0.3) is 0 Å². The summed E-state index contributed by atoms with van der Waals surface area (Å²) in [6, 6.07) is 5.60. The number of carbonyl (C=O) groups is 1. The highest BCUT2D eigenvalue weighted by Gasteiger charge is 2.30. The summed E-state index contributed by atoms with van der Waals surface area (Å²) in [4.78, 5) is 13.8. The van der Waals surface area contributed by atoms with Crippen LogP contribution in [-0.2, 0) is 11.3 Å². The number of thiocarbonyl (C=S) groups is 1. The summed E-state index contributed by atoms with van der Waals surface area (Å²) >= 11 is 6.38. The topological polar surface area (TPSA) is 38.8 Å². The molecule has 6 heteroatoms. The highest BCUT2D eigenvalue weighted by molar-refractivity contribution is 8.26. The van der Waals surface area contributed by atoms with Crippen molar-refractivity contribution in [3.63, 3.8) is 0 Å². The van der Waals surface area contributed by atoms with Gasteiger partial charge in [0.15, 0.2) is 11.5 Å². The van der Waals surface area contributed by atoms with Gasteiger partial charge in [0.25, 0.3) is 5.91 Å². The van der Waals surface area contributed by atoms with Gasteiger partial charge in [-0.25, -0.2) is 0 Å². The molecule has 3 rings (SSSR count). The van der Waals surface area contributed by atoms with Crippen LogP contribution in [0.4, 0.5) is 0 Å². The summed E-state index contributed by atoms with van der Waals surface area (Å²) in [5.74, 6) is 1.31. The number of rotatable bonds is 2. The second-order valence-electron chi connectivity index (χ2n) is 3.87. The predicted molar refractivity (Wildman–Crippen MR) is 72.4 cm³/mol. The maximum Gasteiger partial charge on any atom is 0.265 e. The van der Waals surface area contributed by atoms with Crippen LogP contribution in [0.5, 0.6) is 11.5 Å². The molecule has 0 atom stereocenters. The minimum atomic E-state index is -0.123. The average molecular weight is 279 g/mol. The van der Waals surface area contributed by atoms with Crippen molar-refractivity contribution < 1.29 is 14.3 Å². The van der Waals surface area contributed by atoms with Gasteiger partial charge in [-0.05, 0) is 17.7 Å². The van der Waals surface area contributed by atoms with Crippen LogP contribution in [0.3, 0.4) is 0 Å². The molecule has 2 heterocycles. The zero-order valence-electron chi connectivity index (χ0n) is 9.34. The Kier molecular flexibility index (Phi) is 2.76. The van der Waals surface area contributed by atoms with Crippen LogP contribution in [0.1, 0.15) is 5.56 Å². The Morgan fingerprint density at radius 1 is 1.39 bits per heavy atom. The zero-order valence-corrected chi connectivity index (χ0v) is 11.0. The second-order valence-corrected chi connectivity index (χ2v) is 5.60. The molecule has 2 aliphatic rings. The largest absolute Gasteiger partial charge is 0.454 e. The smallest absolute Gasteiger partial charge is 0.265 e. The van der Waals surface area contributed by atoms with E-state index in [4.69, 9.17) is 21.7 Å². The van der Waals surface area contributed by atoms with E-state index in [1.807, 2.05) is 18.2 Å². The molecule has 0 aliphatic carbocycles. The van der Waals surface area contributed by atoms with E-state index in [1.165, 1.54) is 11.8 Å². The van der Waals surface area contributed by atoms with Crippen molar-refractivity contribution >= 4 is 34.2 Å². The molecule has 0 N–H and O–H groups in total. The summed E-state index contributed by atoms with van der Waals surface area (Å²) in [5.41, 5.74) is 0.949. The van der Waals surface area contributed by atoms with Crippen LogP contribution >= 0.6 is 24.0 Å². The van der Waals surface area contributed by atoms with Crippen molar-refractivity contribution in [3.05, 3.63) is 35.2 Å². The van der Waals surface area contributed by atoms with Gasteiger partial charge < -0.3 is 9.47 Å². The lowest BCUT2D eigenvalue weighted by Gasteiger charge is -2.14. The first-order valence-corrected chi connectivity index (χ1v) is 6.49. The summed E-state index contributed by atoms with van der Waals surface area (Å²) in [7, 11) is 0. The third-order valence-electron chi connectivity index (χ3n) is 2.69. The fraction of sp³-hybridized carbons (Fsp3) is 0.167. The lowest BCUT2D eigenvalue weighted by molar-refractivity contribution is -0.122. The average Bonchev–Trinajstić information content (AvgIpc) is 2.89. The Bertz CT molecular complexity index is 570. The number of nitrogens with zero attached hydrogens (tertiary/aromatic N) is 1. The van der Waals surface area contributed by atoms with Gasteiger partial charge in [0.05, 0.1) is 11.4 Å². The van der Waals surface area contributed by atoms with Gasteiger partial charge >= 0.3 is 0 Å². The molecule has 1 saturated heterocycles. The molecule has 2 aliphatic heterocycles. The van der Waals surface area contributed by atoms with E-state index in [0.717, 1.165) is 11.3 Å². The SMILES string of the molecule is C=C1SC(=S)N(Cc2ccc3c(c2)OCO3)C1=O. The summed E-state index contributed by atoms with van der Waals surface area (Å²) < 4.78 is 11.1. The van der Waals surface area contributed by atoms with E-state index in [-0.39, 0.29) is 12.7 Å². The number of fused-ring (bicyclic) bond motifs is 1. The monoisotopic (exact) mass is 279 g/mol. The fourth-order valence-corrected chi connectivity index (χ4v) is 2.91. The number of hydrogen-bond acceptors (Lipinski definition) is 5. The molecule has 0 unspecified atom stereocenters.